The summed E-state index contributed by atoms with van der Waals surface area (Å²) >= 11 is 0. The maximum atomic E-state index is 12.2. The molecule has 1 saturated carbocycles. The van der Waals surface area contributed by atoms with Gasteiger partial charge in [-0.15, -0.1) is 0 Å². The molecule has 98 valence electrons. The SMILES string of the molecule is O=C(N[C@H]1C[C@@H]2C[C@@H]1CN2)c1cn2ccnc2cn1. The van der Waals surface area contributed by atoms with Crippen LogP contribution in [0.4, 0.5) is 0 Å². The standard InChI is InChI=1S/C13H15N5O/c19-13(17-10-4-9-3-8(10)5-15-9)11-7-18-2-1-14-12(18)6-16-11/h1-2,6-10,15H,3-5H2,(H,17,19)/t8-,9+,10+/m1/s1. The molecular weight excluding hydrogens is 242 g/mol. The summed E-state index contributed by atoms with van der Waals surface area (Å²) < 4.78 is 1.81. The van der Waals surface area contributed by atoms with Crippen molar-refractivity contribution in [3.8, 4) is 0 Å². The van der Waals surface area contributed by atoms with E-state index in [1.807, 2.05) is 10.6 Å². The Hall–Kier alpha value is -1.95. The topological polar surface area (TPSA) is 71.3 Å². The number of rotatable bonds is 2. The third-order valence-corrected chi connectivity index (χ3v) is 4.19. The van der Waals surface area contributed by atoms with E-state index in [1.54, 1.807) is 18.6 Å². The van der Waals surface area contributed by atoms with Crippen molar-refractivity contribution in [1.82, 2.24) is 25.0 Å². The van der Waals surface area contributed by atoms with Gasteiger partial charge in [0.2, 0.25) is 0 Å². The van der Waals surface area contributed by atoms with Crippen LogP contribution in [0.1, 0.15) is 23.3 Å². The van der Waals surface area contributed by atoms with E-state index < -0.39 is 0 Å². The van der Waals surface area contributed by atoms with E-state index in [-0.39, 0.29) is 5.91 Å². The average Bonchev–Trinajstić information content (AvgIpc) is 3.13. The van der Waals surface area contributed by atoms with Gasteiger partial charge >= 0.3 is 0 Å². The minimum atomic E-state index is -0.0897. The predicted octanol–water partition coefficient (Wildman–Crippen LogP) is 0.209. The average molecular weight is 257 g/mol. The number of amides is 1. The van der Waals surface area contributed by atoms with E-state index in [9.17, 15) is 4.79 Å². The number of hydrogen-bond acceptors (Lipinski definition) is 4. The van der Waals surface area contributed by atoms with Crippen LogP contribution in [0.2, 0.25) is 0 Å². The minimum absolute atomic E-state index is 0.0897. The highest BCUT2D eigenvalue weighted by Gasteiger charge is 2.40. The Kier molecular flexibility index (Phi) is 2.32. The van der Waals surface area contributed by atoms with Crippen molar-refractivity contribution in [3.63, 3.8) is 0 Å². The molecular formula is C13H15N5O. The van der Waals surface area contributed by atoms with Crippen LogP contribution >= 0.6 is 0 Å². The summed E-state index contributed by atoms with van der Waals surface area (Å²) in [5, 5.41) is 6.55. The molecule has 0 aromatic carbocycles. The number of aromatic nitrogens is 3. The number of nitrogens with one attached hydrogen (secondary N) is 2. The molecule has 0 unspecified atom stereocenters. The second-order valence-electron chi connectivity index (χ2n) is 5.38. The fourth-order valence-corrected chi connectivity index (χ4v) is 3.20. The highest BCUT2D eigenvalue weighted by atomic mass is 16.2. The van der Waals surface area contributed by atoms with E-state index in [0.29, 0.717) is 23.7 Å². The normalized spacial score (nSPS) is 28.9. The number of carbonyl (C=O) groups is 1. The number of carbonyl (C=O) groups excluding carboxylic acids is 1. The van der Waals surface area contributed by atoms with Gasteiger partial charge in [0.25, 0.3) is 5.91 Å². The van der Waals surface area contributed by atoms with Gasteiger partial charge in [-0.3, -0.25) is 4.79 Å². The van der Waals surface area contributed by atoms with E-state index >= 15 is 0 Å². The first-order valence-electron chi connectivity index (χ1n) is 6.62. The number of fused-ring (bicyclic) bond motifs is 3. The molecule has 2 aromatic rings. The van der Waals surface area contributed by atoms with Crippen molar-refractivity contribution in [2.75, 3.05) is 6.54 Å². The van der Waals surface area contributed by atoms with Gasteiger partial charge in [0.1, 0.15) is 5.69 Å². The summed E-state index contributed by atoms with van der Waals surface area (Å²) in [6.07, 6.45) is 9.07. The largest absolute Gasteiger partial charge is 0.348 e. The number of nitrogens with zero attached hydrogens (tertiary/aromatic N) is 3. The quantitative estimate of drug-likeness (QED) is 0.807. The third-order valence-electron chi connectivity index (χ3n) is 4.19. The summed E-state index contributed by atoms with van der Waals surface area (Å²) in [7, 11) is 0. The molecule has 3 heterocycles. The Balaban J connectivity index is 1.53. The first kappa shape index (κ1) is 10.9. The lowest BCUT2D eigenvalue weighted by molar-refractivity contribution is 0.0919. The maximum Gasteiger partial charge on any atom is 0.271 e. The molecule has 0 radical (unpaired) electrons. The molecule has 1 saturated heterocycles. The van der Waals surface area contributed by atoms with Gasteiger partial charge in [0, 0.05) is 37.2 Å². The zero-order valence-electron chi connectivity index (χ0n) is 10.4. The first-order chi connectivity index (χ1) is 9.29. The van der Waals surface area contributed by atoms with Crippen LogP contribution in [0.5, 0.6) is 0 Å². The third kappa shape index (κ3) is 1.79. The van der Waals surface area contributed by atoms with Crippen molar-refractivity contribution in [2.24, 2.45) is 5.92 Å². The van der Waals surface area contributed by atoms with Gasteiger partial charge in [-0.1, -0.05) is 0 Å². The number of hydrogen-bond donors (Lipinski definition) is 2. The summed E-state index contributed by atoms with van der Waals surface area (Å²) in [5.41, 5.74) is 1.20. The van der Waals surface area contributed by atoms with Crippen LogP contribution in [0.15, 0.2) is 24.8 Å². The van der Waals surface area contributed by atoms with Gasteiger partial charge in [-0.2, -0.15) is 0 Å². The molecule has 2 bridgehead atoms. The van der Waals surface area contributed by atoms with Crippen LogP contribution in [0.3, 0.4) is 0 Å². The van der Waals surface area contributed by atoms with Crippen LogP contribution < -0.4 is 10.6 Å². The lowest BCUT2D eigenvalue weighted by Crippen LogP contribution is -2.44. The Labute approximate surface area is 110 Å². The Bertz CT molecular complexity index is 637. The van der Waals surface area contributed by atoms with Crippen molar-refractivity contribution < 1.29 is 4.79 Å². The number of piperidine rings is 1. The molecule has 4 rings (SSSR count). The van der Waals surface area contributed by atoms with Gasteiger partial charge in [0.15, 0.2) is 5.65 Å². The summed E-state index contributed by atoms with van der Waals surface area (Å²) in [4.78, 5) is 20.5. The molecule has 6 nitrogen and oxygen atoms in total. The van der Waals surface area contributed by atoms with Crippen molar-refractivity contribution in [3.05, 3.63) is 30.5 Å². The molecule has 3 atom stereocenters. The van der Waals surface area contributed by atoms with Crippen molar-refractivity contribution in [2.45, 2.75) is 24.9 Å². The van der Waals surface area contributed by atoms with Gasteiger partial charge < -0.3 is 15.0 Å². The van der Waals surface area contributed by atoms with Crippen molar-refractivity contribution in [1.29, 1.82) is 0 Å². The minimum Gasteiger partial charge on any atom is -0.348 e. The lowest BCUT2D eigenvalue weighted by atomic mass is 10.0. The molecule has 1 aliphatic heterocycles. The van der Waals surface area contributed by atoms with Crippen LogP contribution in [0, 0.1) is 5.92 Å². The zero-order chi connectivity index (χ0) is 12.8. The molecule has 1 aliphatic carbocycles. The second-order valence-corrected chi connectivity index (χ2v) is 5.38. The summed E-state index contributed by atoms with van der Waals surface area (Å²) in [6, 6.07) is 0.874. The fraction of sp³-hybridized carbons (Fsp3) is 0.462. The maximum absolute atomic E-state index is 12.2. The zero-order valence-corrected chi connectivity index (χ0v) is 10.4. The Morgan fingerprint density at radius 1 is 1.42 bits per heavy atom. The number of imidazole rings is 1. The van der Waals surface area contributed by atoms with Gasteiger partial charge in [0.05, 0.1) is 6.20 Å². The highest BCUT2D eigenvalue weighted by molar-refractivity contribution is 5.92. The molecule has 2 aromatic heterocycles. The van der Waals surface area contributed by atoms with Gasteiger partial charge in [-0.05, 0) is 18.8 Å². The molecule has 2 aliphatic rings. The second kappa shape index (κ2) is 4.03. The Morgan fingerprint density at radius 3 is 3.16 bits per heavy atom. The first-order valence-corrected chi connectivity index (χ1v) is 6.62. The van der Waals surface area contributed by atoms with E-state index in [0.717, 1.165) is 18.6 Å². The van der Waals surface area contributed by atoms with E-state index in [2.05, 4.69) is 20.6 Å². The van der Waals surface area contributed by atoms with Crippen LogP contribution in [-0.4, -0.2) is 38.9 Å². The molecule has 1 amide bonds. The van der Waals surface area contributed by atoms with Crippen LogP contribution in [-0.2, 0) is 0 Å². The predicted molar refractivity (Wildman–Crippen MR) is 68.8 cm³/mol. The molecule has 19 heavy (non-hydrogen) atoms. The van der Waals surface area contributed by atoms with E-state index in [4.69, 9.17) is 0 Å². The molecule has 0 spiro atoms. The highest BCUT2D eigenvalue weighted by Crippen LogP contribution is 2.31. The summed E-state index contributed by atoms with van der Waals surface area (Å²) in [5.74, 6) is 0.485. The molecule has 2 N–H and O–H groups in total. The van der Waals surface area contributed by atoms with E-state index in [1.165, 1.54) is 6.42 Å². The molecule has 6 heteroatoms. The van der Waals surface area contributed by atoms with Crippen molar-refractivity contribution >= 4 is 11.6 Å². The van der Waals surface area contributed by atoms with Crippen LogP contribution in [0.25, 0.3) is 5.65 Å². The Morgan fingerprint density at radius 2 is 2.37 bits per heavy atom. The van der Waals surface area contributed by atoms with Gasteiger partial charge in [-0.25, -0.2) is 9.97 Å². The summed E-state index contributed by atoms with van der Waals surface area (Å²) in [6.45, 7) is 1.02. The molecule has 2 fully saturated rings. The smallest absolute Gasteiger partial charge is 0.271 e. The lowest BCUT2D eigenvalue weighted by Gasteiger charge is -2.23. The fourth-order valence-electron chi connectivity index (χ4n) is 3.20. The monoisotopic (exact) mass is 257 g/mol.